The molecule has 1 unspecified atom stereocenters. The highest BCUT2D eigenvalue weighted by atomic mass is 79.9. The van der Waals surface area contributed by atoms with Gasteiger partial charge in [0.2, 0.25) is 0 Å². The van der Waals surface area contributed by atoms with Crippen molar-refractivity contribution in [2.75, 3.05) is 5.32 Å². The van der Waals surface area contributed by atoms with Gasteiger partial charge in [-0.15, -0.1) is 0 Å². The van der Waals surface area contributed by atoms with E-state index in [0.29, 0.717) is 5.92 Å². The lowest BCUT2D eigenvalue weighted by Gasteiger charge is -2.21. The first kappa shape index (κ1) is 14.1. The van der Waals surface area contributed by atoms with E-state index in [1.54, 1.807) is 0 Å². The zero-order valence-electron chi connectivity index (χ0n) is 10.7. The average molecular weight is 399 g/mol. The molecule has 0 aliphatic heterocycles. The fourth-order valence-electron chi connectivity index (χ4n) is 2.35. The van der Waals surface area contributed by atoms with Gasteiger partial charge in [0.05, 0.1) is 6.04 Å². The van der Waals surface area contributed by atoms with Gasteiger partial charge in [-0.2, -0.15) is 0 Å². The van der Waals surface area contributed by atoms with Gasteiger partial charge in [-0.1, -0.05) is 28.1 Å². The summed E-state index contributed by atoms with van der Waals surface area (Å²) in [6, 6.07) is 13.1. The Morgan fingerprint density at radius 1 is 1.05 bits per heavy atom. The Morgan fingerprint density at radius 2 is 1.75 bits per heavy atom. The molecule has 0 radical (unpaired) electrons. The standard InChI is InChI=1S/C16H14Br2FN/c17-12-5-8-15(14(18)9-12)20-16(10-1-2-10)11-3-6-13(19)7-4-11/h3-10,16,20H,1-2H2. The van der Waals surface area contributed by atoms with Crippen LogP contribution in [0.2, 0.25) is 0 Å². The highest BCUT2D eigenvalue weighted by molar-refractivity contribution is 9.11. The molecule has 1 nitrogen and oxygen atoms in total. The van der Waals surface area contributed by atoms with Gasteiger partial charge in [-0.05, 0) is 70.6 Å². The fourth-order valence-corrected chi connectivity index (χ4v) is 3.51. The molecule has 2 aromatic rings. The van der Waals surface area contributed by atoms with Crippen LogP contribution in [0, 0.1) is 11.7 Å². The molecule has 1 aliphatic rings. The predicted molar refractivity (Wildman–Crippen MR) is 87.3 cm³/mol. The summed E-state index contributed by atoms with van der Waals surface area (Å²) in [6.07, 6.45) is 2.45. The van der Waals surface area contributed by atoms with Gasteiger partial charge in [0, 0.05) is 14.6 Å². The molecule has 0 amide bonds. The average Bonchev–Trinajstić information content (AvgIpc) is 3.24. The monoisotopic (exact) mass is 397 g/mol. The van der Waals surface area contributed by atoms with Crippen LogP contribution in [0.3, 0.4) is 0 Å². The highest BCUT2D eigenvalue weighted by Crippen LogP contribution is 2.43. The molecular formula is C16H14Br2FN. The van der Waals surface area contributed by atoms with Gasteiger partial charge in [-0.25, -0.2) is 4.39 Å². The molecule has 20 heavy (non-hydrogen) atoms. The van der Waals surface area contributed by atoms with E-state index in [2.05, 4.69) is 37.2 Å². The molecule has 2 aromatic carbocycles. The molecule has 1 aliphatic carbocycles. The Hall–Kier alpha value is -0.870. The van der Waals surface area contributed by atoms with Crippen molar-refractivity contribution in [1.82, 2.24) is 0 Å². The first-order valence-electron chi connectivity index (χ1n) is 6.60. The summed E-state index contributed by atoms with van der Waals surface area (Å²) in [5, 5.41) is 3.58. The smallest absolute Gasteiger partial charge is 0.123 e. The number of hydrogen-bond donors (Lipinski definition) is 1. The maximum atomic E-state index is 13.1. The van der Waals surface area contributed by atoms with Crippen LogP contribution in [-0.4, -0.2) is 0 Å². The molecule has 0 bridgehead atoms. The lowest BCUT2D eigenvalue weighted by molar-refractivity contribution is 0.622. The third kappa shape index (κ3) is 3.23. The molecule has 1 fully saturated rings. The number of anilines is 1. The third-order valence-electron chi connectivity index (χ3n) is 3.56. The molecular weight excluding hydrogens is 385 g/mol. The van der Waals surface area contributed by atoms with E-state index in [0.717, 1.165) is 20.2 Å². The summed E-state index contributed by atoms with van der Waals surface area (Å²) in [5.74, 6) is 0.448. The minimum Gasteiger partial charge on any atom is -0.377 e. The van der Waals surface area contributed by atoms with Crippen molar-refractivity contribution >= 4 is 37.5 Å². The summed E-state index contributed by atoms with van der Waals surface area (Å²) in [7, 11) is 0. The Bertz CT molecular complexity index is 608. The van der Waals surface area contributed by atoms with Crippen molar-refractivity contribution in [3.8, 4) is 0 Å². The summed E-state index contributed by atoms with van der Waals surface area (Å²) in [4.78, 5) is 0. The van der Waals surface area contributed by atoms with E-state index in [1.165, 1.54) is 25.0 Å². The summed E-state index contributed by atoms with van der Waals surface area (Å²) in [5.41, 5.74) is 2.21. The molecule has 3 rings (SSSR count). The first-order chi connectivity index (χ1) is 9.63. The summed E-state index contributed by atoms with van der Waals surface area (Å²) >= 11 is 7.03. The van der Waals surface area contributed by atoms with E-state index in [-0.39, 0.29) is 11.9 Å². The van der Waals surface area contributed by atoms with Crippen LogP contribution in [0.15, 0.2) is 51.4 Å². The zero-order chi connectivity index (χ0) is 14.1. The molecule has 0 heterocycles. The van der Waals surface area contributed by atoms with Crippen LogP contribution < -0.4 is 5.32 Å². The topological polar surface area (TPSA) is 12.0 Å². The Kier molecular flexibility index (Phi) is 4.13. The van der Waals surface area contributed by atoms with Crippen molar-refractivity contribution in [2.45, 2.75) is 18.9 Å². The lowest BCUT2D eigenvalue weighted by atomic mass is 10.0. The van der Waals surface area contributed by atoms with E-state index < -0.39 is 0 Å². The lowest BCUT2D eigenvalue weighted by Crippen LogP contribution is -2.13. The van der Waals surface area contributed by atoms with Crippen molar-refractivity contribution in [3.05, 3.63) is 62.8 Å². The Balaban J connectivity index is 1.86. The maximum absolute atomic E-state index is 13.1. The van der Waals surface area contributed by atoms with E-state index >= 15 is 0 Å². The van der Waals surface area contributed by atoms with Crippen LogP contribution in [0.1, 0.15) is 24.4 Å². The number of nitrogens with one attached hydrogen (secondary N) is 1. The van der Waals surface area contributed by atoms with E-state index in [1.807, 2.05) is 30.3 Å². The SMILES string of the molecule is Fc1ccc(C(Nc2ccc(Br)cc2Br)C2CC2)cc1. The Morgan fingerprint density at radius 3 is 2.35 bits per heavy atom. The van der Waals surface area contributed by atoms with Gasteiger partial charge in [-0.3, -0.25) is 0 Å². The van der Waals surface area contributed by atoms with Gasteiger partial charge in [0.25, 0.3) is 0 Å². The van der Waals surface area contributed by atoms with E-state index in [4.69, 9.17) is 0 Å². The highest BCUT2D eigenvalue weighted by Gasteiger charge is 2.32. The normalized spacial score (nSPS) is 15.9. The van der Waals surface area contributed by atoms with Crippen LogP contribution in [0.4, 0.5) is 10.1 Å². The van der Waals surface area contributed by atoms with Crippen LogP contribution >= 0.6 is 31.9 Å². The maximum Gasteiger partial charge on any atom is 0.123 e. The first-order valence-corrected chi connectivity index (χ1v) is 8.19. The van der Waals surface area contributed by atoms with Crippen LogP contribution in [0.25, 0.3) is 0 Å². The van der Waals surface area contributed by atoms with Gasteiger partial charge >= 0.3 is 0 Å². The molecule has 104 valence electrons. The van der Waals surface area contributed by atoms with Crippen LogP contribution in [0.5, 0.6) is 0 Å². The van der Waals surface area contributed by atoms with Crippen molar-refractivity contribution in [2.24, 2.45) is 5.92 Å². The van der Waals surface area contributed by atoms with Crippen molar-refractivity contribution in [3.63, 3.8) is 0 Å². The summed E-state index contributed by atoms with van der Waals surface area (Å²) < 4.78 is 15.1. The molecule has 1 saturated carbocycles. The number of halogens is 3. The second kappa shape index (κ2) is 5.86. The van der Waals surface area contributed by atoms with Gasteiger partial charge in [0.1, 0.15) is 5.82 Å². The van der Waals surface area contributed by atoms with Gasteiger partial charge in [0.15, 0.2) is 0 Å². The molecule has 1 atom stereocenters. The quantitative estimate of drug-likeness (QED) is 0.674. The van der Waals surface area contributed by atoms with Crippen molar-refractivity contribution in [1.29, 1.82) is 0 Å². The summed E-state index contributed by atoms with van der Waals surface area (Å²) in [6.45, 7) is 0. The van der Waals surface area contributed by atoms with E-state index in [9.17, 15) is 4.39 Å². The molecule has 1 N–H and O–H groups in total. The minimum absolute atomic E-state index is 0.187. The zero-order valence-corrected chi connectivity index (χ0v) is 13.9. The molecule has 0 aromatic heterocycles. The largest absolute Gasteiger partial charge is 0.377 e. The predicted octanol–water partition coefficient (Wildman–Crippen LogP) is 5.91. The Labute approximate surface area is 134 Å². The molecule has 4 heteroatoms. The number of hydrogen-bond acceptors (Lipinski definition) is 1. The second-order valence-electron chi connectivity index (χ2n) is 5.14. The minimum atomic E-state index is -0.187. The second-order valence-corrected chi connectivity index (χ2v) is 6.91. The molecule has 0 saturated heterocycles. The third-order valence-corrected chi connectivity index (χ3v) is 4.71. The van der Waals surface area contributed by atoms with Crippen LogP contribution in [-0.2, 0) is 0 Å². The molecule has 0 spiro atoms. The fraction of sp³-hybridized carbons (Fsp3) is 0.250. The number of benzene rings is 2. The van der Waals surface area contributed by atoms with Crippen molar-refractivity contribution < 1.29 is 4.39 Å². The number of rotatable bonds is 4. The van der Waals surface area contributed by atoms with Gasteiger partial charge < -0.3 is 5.32 Å².